The van der Waals surface area contributed by atoms with Crippen LogP contribution in [0.3, 0.4) is 0 Å². The van der Waals surface area contributed by atoms with E-state index in [1.807, 2.05) is 0 Å². The second-order valence-electron chi connectivity index (χ2n) is 3.07. The van der Waals surface area contributed by atoms with Crippen molar-refractivity contribution in [2.24, 2.45) is 0 Å². The van der Waals surface area contributed by atoms with Crippen LogP contribution in [-0.2, 0) is 11.4 Å². The summed E-state index contributed by atoms with van der Waals surface area (Å²) in [6, 6.07) is 3.95. The predicted octanol–water partition coefficient (Wildman–Crippen LogP) is 1.51. The van der Waals surface area contributed by atoms with Crippen LogP contribution in [0.15, 0.2) is 18.2 Å². The summed E-state index contributed by atoms with van der Waals surface area (Å²) in [6.07, 6.45) is 0. The van der Waals surface area contributed by atoms with E-state index in [0.29, 0.717) is 5.56 Å². The molecule has 0 heterocycles. The lowest BCUT2D eigenvalue weighted by atomic mass is 9.99. The van der Waals surface area contributed by atoms with Crippen LogP contribution in [0.5, 0.6) is 0 Å². The van der Waals surface area contributed by atoms with Crippen molar-refractivity contribution in [3.05, 3.63) is 35.1 Å². The number of carbonyl (C=O) groups is 1. The first-order valence-electron chi connectivity index (χ1n) is 4.18. The van der Waals surface area contributed by atoms with Crippen molar-refractivity contribution >= 4 is 5.97 Å². The number of aliphatic carboxylic acids is 1. The largest absolute Gasteiger partial charge is 0.481 e. The van der Waals surface area contributed by atoms with Gasteiger partial charge in [0.2, 0.25) is 0 Å². The Bertz CT molecular complexity index is 349. The molecule has 2 N–H and O–H groups in total. The Kier molecular flexibility index (Phi) is 3.19. The summed E-state index contributed by atoms with van der Waals surface area (Å²) in [5.74, 6) is -2.18. The van der Waals surface area contributed by atoms with Crippen molar-refractivity contribution in [1.29, 1.82) is 0 Å². The quantitative estimate of drug-likeness (QED) is 0.773. The third-order valence-electron chi connectivity index (χ3n) is 2.11. The molecule has 0 aliphatic carbocycles. The molecule has 0 aliphatic rings. The van der Waals surface area contributed by atoms with Gasteiger partial charge < -0.3 is 10.2 Å². The van der Waals surface area contributed by atoms with Gasteiger partial charge in [0.05, 0.1) is 12.5 Å². The van der Waals surface area contributed by atoms with Crippen LogP contribution < -0.4 is 0 Å². The van der Waals surface area contributed by atoms with Crippen LogP contribution in [0.4, 0.5) is 4.39 Å². The maximum absolute atomic E-state index is 12.9. The third kappa shape index (κ3) is 2.09. The number of carboxylic acids is 1. The molecule has 0 fully saturated rings. The number of benzene rings is 1. The number of carboxylic acid groups (broad SMARTS) is 1. The number of hydrogen-bond acceptors (Lipinski definition) is 2. The normalized spacial score (nSPS) is 12.5. The van der Waals surface area contributed by atoms with Crippen molar-refractivity contribution in [3.63, 3.8) is 0 Å². The molecule has 14 heavy (non-hydrogen) atoms. The number of hydrogen-bond donors (Lipinski definition) is 2. The van der Waals surface area contributed by atoms with E-state index < -0.39 is 24.3 Å². The minimum atomic E-state index is -0.972. The van der Waals surface area contributed by atoms with Crippen LogP contribution in [0, 0.1) is 5.82 Å². The standard InChI is InChI=1S/C10H11FO3/c1-6(10(13)14)7-2-3-9(11)8(4-7)5-12/h2-4,6,12H,5H2,1H3,(H,13,14). The number of rotatable bonds is 3. The Balaban J connectivity index is 3.06. The van der Waals surface area contributed by atoms with Gasteiger partial charge in [-0.3, -0.25) is 4.79 Å². The Labute approximate surface area is 80.8 Å². The first-order valence-corrected chi connectivity index (χ1v) is 4.18. The fraction of sp³-hybridized carbons (Fsp3) is 0.300. The molecule has 0 saturated carbocycles. The molecule has 1 aromatic carbocycles. The van der Waals surface area contributed by atoms with E-state index in [9.17, 15) is 9.18 Å². The average Bonchev–Trinajstić information content (AvgIpc) is 2.17. The van der Waals surface area contributed by atoms with Crippen molar-refractivity contribution < 1.29 is 19.4 Å². The first-order chi connectivity index (χ1) is 6.56. The fourth-order valence-electron chi connectivity index (χ4n) is 1.13. The topological polar surface area (TPSA) is 57.5 Å². The third-order valence-corrected chi connectivity index (χ3v) is 2.11. The smallest absolute Gasteiger partial charge is 0.310 e. The summed E-state index contributed by atoms with van der Waals surface area (Å²) in [6.45, 7) is 1.09. The molecule has 0 radical (unpaired) electrons. The van der Waals surface area contributed by atoms with Crippen molar-refractivity contribution in [2.75, 3.05) is 0 Å². The monoisotopic (exact) mass is 198 g/mol. The van der Waals surface area contributed by atoms with Crippen molar-refractivity contribution in [1.82, 2.24) is 0 Å². The predicted molar refractivity (Wildman–Crippen MR) is 48.4 cm³/mol. The van der Waals surface area contributed by atoms with Gasteiger partial charge in [0.25, 0.3) is 0 Å². The molecule has 0 aliphatic heterocycles. The Morgan fingerprint density at radius 1 is 1.57 bits per heavy atom. The molecule has 1 aromatic rings. The lowest BCUT2D eigenvalue weighted by Gasteiger charge is -2.08. The van der Waals surface area contributed by atoms with E-state index in [4.69, 9.17) is 10.2 Å². The average molecular weight is 198 g/mol. The number of aliphatic hydroxyl groups excluding tert-OH is 1. The summed E-state index contributed by atoms with van der Waals surface area (Å²) >= 11 is 0. The van der Waals surface area contributed by atoms with E-state index in [1.165, 1.54) is 25.1 Å². The molecule has 1 rings (SSSR count). The lowest BCUT2D eigenvalue weighted by Crippen LogP contribution is -2.08. The van der Waals surface area contributed by atoms with Gasteiger partial charge >= 0.3 is 5.97 Å². The van der Waals surface area contributed by atoms with Crippen molar-refractivity contribution in [2.45, 2.75) is 19.4 Å². The Hall–Kier alpha value is -1.42. The van der Waals surface area contributed by atoms with Crippen LogP contribution in [-0.4, -0.2) is 16.2 Å². The minimum Gasteiger partial charge on any atom is -0.481 e. The molecule has 0 bridgehead atoms. The van der Waals surface area contributed by atoms with Crippen LogP contribution in [0.25, 0.3) is 0 Å². The molecule has 76 valence electrons. The molecule has 0 spiro atoms. The van der Waals surface area contributed by atoms with Crippen LogP contribution in [0.2, 0.25) is 0 Å². The summed E-state index contributed by atoms with van der Waals surface area (Å²) in [5, 5.41) is 17.5. The highest BCUT2D eigenvalue weighted by atomic mass is 19.1. The van der Waals surface area contributed by atoms with Gasteiger partial charge in [-0.15, -0.1) is 0 Å². The highest BCUT2D eigenvalue weighted by molar-refractivity contribution is 5.75. The van der Waals surface area contributed by atoms with E-state index >= 15 is 0 Å². The van der Waals surface area contributed by atoms with Gasteiger partial charge in [-0.1, -0.05) is 6.07 Å². The molecule has 0 saturated heterocycles. The van der Waals surface area contributed by atoms with E-state index in [2.05, 4.69) is 0 Å². The summed E-state index contributed by atoms with van der Waals surface area (Å²) < 4.78 is 12.9. The van der Waals surface area contributed by atoms with Crippen LogP contribution in [0.1, 0.15) is 24.0 Å². The summed E-state index contributed by atoms with van der Waals surface area (Å²) in [5.41, 5.74) is 0.610. The zero-order valence-electron chi connectivity index (χ0n) is 7.70. The Morgan fingerprint density at radius 3 is 2.71 bits per heavy atom. The fourth-order valence-corrected chi connectivity index (χ4v) is 1.13. The second-order valence-corrected chi connectivity index (χ2v) is 3.07. The second kappa shape index (κ2) is 4.19. The lowest BCUT2D eigenvalue weighted by molar-refractivity contribution is -0.138. The number of aliphatic hydroxyl groups is 1. The van der Waals surface area contributed by atoms with E-state index in [0.717, 1.165) is 0 Å². The molecule has 4 heteroatoms. The van der Waals surface area contributed by atoms with Gasteiger partial charge in [0.15, 0.2) is 0 Å². The molecule has 3 nitrogen and oxygen atoms in total. The number of halogens is 1. The van der Waals surface area contributed by atoms with Gasteiger partial charge in [-0.25, -0.2) is 4.39 Å². The van der Waals surface area contributed by atoms with Gasteiger partial charge in [0.1, 0.15) is 5.82 Å². The van der Waals surface area contributed by atoms with Crippen molar-refractivity contribution in [3.8, 4) is 0 Å². The zero-order chi connectivity index (χ0) is 10.7. The van der Waals surface area contributed by atoms with Gasteiger partial charge in [-0.05, 0) is 24.6 Å². The first kappa shape index (κ1) is 10.7. The molecule has 0 amide bonds. The zero-order valence-corrected chi connectivity index (χ0v) is 7.70. The van der Waals surface area contributed by atoms with Gasteiger partial charge in [0, 0.05) is 5.56 Å². The molecular formula is C10H11FO3. The molecule has 1 unspecified atom stereocenters. The molecule has 0 aromatic heterocycles. The summed E-state index contributed by atoms with van der Waals surface area (Å²) in [4.78, 5) is 10.6. The summed E-state index contributed by atoms with van der Waals surface area (Å²) in [7, 11) is 0. The van der Waals surface area contributed by atoms with E-state index in [-0.39, 0.29) is 5.56 Å². The SMILES string of the molecule is CC(C(=O)O)c1ccc(F)c(CO)c1. The maximum atomic E-state index is 12.9. The highest BCUT2D eigenvalue weighted by Gasteiger charge is 2.14. The van der Waals surface area contributed by atoms with Crippen LogP contribution >= 0.6 is 0 Å². The highest BCUT2D eigenvalue weighted by Crippen LogP contribution is 2.18. The maximum Gasteiger partial charge on any atom is 0.310 e. The molecule has 1 atom stereocenters. The van der Waals surface area contributed by atoms with E-state index in [1.54, 1.807) is 0 Å². The Morgan fingerprint density at radius 2 is 2.21 bits per heavy atom. The van der Waals surface area contributed by atoms with Gasteiger partial charge in [-0.2, -0.15) is 0 Å². The molecular weight excluding hydrogens is 187 g/mol. The minimum absolute atomic E-state index is 0.121.